The molecule has 0 unspecified atom stereocenters. The van der Waals surface area contributed by atoms with Crippen LogP contribution in [0.15, 0.2) is 53.9 Å². The van der Waals surface area contributed by atoms with Crippen LogP contribution in [0, 0.1) is 5.82 Å². The van der Waals surface area contributed by atoms with Crippen molar-refractivity contribution in [3.8, 4) is 5.75 Å². The van der Waals surface area contributed by atoms with Crippen molar-refractivity contribution in [2.45, 2.75) is 26.6 Å². The van der Waals surface area contributed by atoms with E-state index >= 15 is 0 Å². The van der Waals surface area contributed by atoms with E-state index in [4.69, 9.17) is 4.74 Å². The molecule has 2 aromatic carbocycles. The van der Waals surface area contributed by atoms with Gasteiger partial charge in [0.15, 0.2) is 0 Å². The highest BCUT2D eigenvalue weighted by molar-refractivity contribution is 7.09. The van der Waals surface area contributed by atoms with E-state index in [2.05, 4.69) is 9.88 Å². The monoisotopic (exact) mass is 496 g/mol. The van der Waals surface area contributed by atoms with Crippen LogP contribution in [0.25, 0.3) is 0 Å². The summed E-state index contributed by atoms with van der Waals surface area (Å²) in [7, 11) is 1.64. The lowest BCUT2D eigenvalue weighted by atomic mass is 10.1. The van der Waals surface area contributed by atoms with Crippen LogP contribution in [-0.4, -0.2) is 64.8 Å². The van der Waals surface area contributed by atoms with Crippen LogP contribution in [0.4, 0.5) is 4.39 Å². The first-order valence-corrected chi connectivity index (χ1v) is 12.4. The van der Waals surface area contributed by atoms with Crippen molar-refractivity contribution in [3.05, 3.63) is 81.6 Å². The number of methoxy groups -OCH3 is 1. The summed E-state index contributed by atoms with van der Waals surface area (Å²) in [6.45, 7) is 5.50. The molecule has 0 radical (unpaired) electrons. The van der Waals surface area contributed by atoms with Gasteiger partial charge in [0.1, 0.15) is 22.3 Å². The quantitative estimate of drug-likeness (QED) is 0.475. The molecule has 0 aliphatic carbocycles. The van der Waals surface area contributed by atoms with Gasteiger partial charge in [-0.3, -0.25) is 14.5 Å². The van der Waals surface area contributed by atoms with E-state index in [-0.39, 0.29) is 17.6 Å². The third-order valence-corrected chi connectivity index (χ3v) is 6.86. The topological polar surface area (TPSA) is 66.0 Å². The van der Waals surface area contributed by atoms with Crippen LogP contribution < -0.4 is 4.74 Å². The highest BCUT2D eigenvalue weighted by Crippen LogP contribution is 2.20. The van der Waals surface area contributed by atoms with Crippen LogP contribution in [-0.2, 0) is 24.4 Å². The molecule has 2 heterocycles. The predicted molar refractivity (Wildman–Crippen MR) is 133 cm³/mol. The number of hydrogen-bond donors (Lipinski definition) is 0. The number of halogens is 1. The molecule has 1 fully saturated rings. The van der Waals surface area contributed by atoms with Gasteiger partial charge >= 0.3 is 0 Å². The summed E-state index contributed by atoms with van der Waals surface area (Å²) in [5, 5.41) is 2.64. The Kier molecular flexibility index (Phi) is 8.09. The summed E-state index contributed by atoms with van der Waals surface area (Å²) in [6.07, 6.45) is 0. The van der Waals surface area contributed by atoms with Crippen LogP contribution in [0.3, 0.4) is 0 Å². The van der Waals surface area contributed by atoms with Crippen molar-refractivity contribution in [2.24, 2.45) is 0 Å². The van der Waals surface area contributed by atoms with E-state index in [1.165, 1.54) is 23.5 Å². The van der Waals surface area contributed by atoms with E-state index in [9.17, 15) is 14.0 Å². The molecule has 0 spiro atoms. The molecule has 184 valence electrons. The van der Waals surface area contributed by atoms with Crippen molar-refractivity contribution in [2.75, 3.05) is 33.3 Å². The Hall–Kier alpha value is -3.30. The van der Waals surface area contributed by atoms with Gasteiger partial charge in [0.05, 0.1) is 13.7 Å². The van der Waals surface area contributed by atoms with E-state index in [0.717, 1.165) is 21.9 Å². The smallest absolute Gasteiger partial charge is 0.273 e. The lowest BCUT2D eigenvalue weighted by molar-refractivity contribution is -0.130. The van der Waals surface area contributed by atoms with Gasteiger partial charge in [-0.05, 0) is 35.4 Å². The highest BCUT2D eigenvalue weighted by Gasteiger charge is 2.25. The fourth-order valence-corrected chi connectivity index (χ4v) is 4.87. The first-order chi connectivity index (χ1) is 16.9. The highest BCUT2D eigenvalue weighted by atomic mass is 32.1. The standard InChI is InChI=1S/C26H29FN4O3S/c1-19(32)30-11-13-31(14-12-30)26(33)24-18-35-25(28-24)17-29(15-20-3-7-22(27)8-4-20)16-21-5-9-23(34-2)10-6-21/h3-10,18H,11-17H2,1-2H3. The Morgan fingerprint density at radius 2 is 1.51 bits per heavy atom. The molecule has 0 atom stereocenters. The number of piperazine rings is 1. The number of hydrogen-bond acceptors (Lipinski definition) is 6. The van der Waals surface area contributed by atoms with Crippen LogP contribution >= 0.6 is 11.3 Å². The van der Waals surface area contributed by atoms with Gasteiger partial charge in [-0.15, -0.1) is 11.3 Å². The number of carbonyl (C=O) groups is 2. The predicted octanol–water partition coefficient (Wildman–Crippen LogP) is 3.80. The number of ether oxygens (including phenoxy) is 1. The number of benzene rings is 2. The molecule has 0 bridgehead atoms. The van der Waals surface area contributed by atoms with Gasteiger partial charge in [-0.1, -0.05) is 24.3 Å². The summed E-state index contributed by atoms with van der Waals surface area (Å²) in [4.78, 5) is 34.9. The molecule has 0 saturated carbocycles. The van der Waals surface area contributed by atoms with Crippen LogP contribution in [0.1, 0.15) is 33.5 Å². The molecule has 7 nitrogen and oxygen atoms in total. The van der Waals surface area contributed by atoms with Crippen LogP contribution in [0.2, 0.25) is 0 Å². The average molecular weight is 497 g/mol. The Morgan fingerprint density at radius 1 is 0.943 bits per heavy atom. The third-order valence-electron chi connectivity index (χ3n) is 6.03. The zero-order valence-corrected chi connectivity index (χ0v) is 20.8. The lowest BCUT2D eigenvalue weighted by Crippen LogP contribution is -2.50. The minimum absolute atomic E-state index is 0.0335. The maximum absolute atomic E-state index is 13.4. The first kappa shape index (κ1) is 24.8. The molecule has 9 heteroatoms. The minimum Gasteiger partial charge on any atom is -0.497 e. The van der Waals surface area contributed by atoms with Crippen molar-refractivity contribution < 1.29 is 18.7 Å². The molecule has 35 heavy (non-hydrogen) atoms. The van der Waals surface area contributed by atoms with Gasteiger partial charge in [0.25, 0.3) is 5.91 Å². The normalized spacial score (nSPS) is 13.8. The molecular weight excluding hydrogens is 467 g/mol. The Balaban J connectivity index is 1.44. The fraction of sp³-hybridized carbons (Fsp3) is 0.346. The molecule has 1 aliphatic rings. The van der Waals surface area contributed by atoms with Gasteiger partial charge in [-0.25, -0.2) is 9.37 Å². The van der Waals surface area contributed by atoms with Crippen LogP contribution in [0.5, 0.6) is 5.75 Å². The summed E-state index contributed by atoms with van der Waals surface area (Å²) in [5.41, 5.74) is 2.55. The molecule has 1 aromatic heterocycles. The first-order valence-electron chi connectivity index (χ1n) is 11.5. The fourth-order valence-electron chi connectivity index (χ4n) is 4.06. The van der Waals surface area contributed by atoms with Gasteiger partial charge in [0.2, 0.25) is 5.91 Å². The van der Waals surface area contributed by atoms with Gasteiger partial charge in [0, 0.05) is 51.6 Å². The maximum Gasteiger partial charge on any atom is 0.273 e. The zero-order valence-electron chi connectivity index (χ0n) is 19.9. The molecule has 1 saturated heterocycles. The van der Waals surface area contributed by atoms with E-state index in [1.807, 2.05) is 24.3 Å². The third kappa shape index (κ3) is 6.64. The van der Waals surface area contributed by atoms with Gasteiger partial charge < -0.3 is 14.5 Å². The van der Waals surface area contributed by atoms with Crippen molar-refractivity contribution in [1.29, 1.82) is 0 Å². The number of thiazole rings is 1. The summed E-state index contributed by atoms with van der Waals surface area (Å²) >= 11 is 1.46. The zero-order chi connectivity index (χ0) is 24.8. The second-order valence-electron chi connectivity index (χ2n) is 8.54. The SMILES string of the molecule is COc1ccc(CN(Cc2ccc(F)cc2)Cc2nc(C(=O)N3CCN(C(C)=O)CC3)cs2)cc1. The maximum atomic E-state index is 13.4. The van der Waals surface area contributed by atoms with E-state index in [1.54, 1.807) is 41.3 Å². The average Bonchev–Trinajstić information content (AvgIpc) is 3.34. The summed E-state index contributed by atoms with van der Waals surface area (Å²) in [6, 6.07) is 14.4. The number of nitrogens with zero attached hydrogens (tertiary/aromatic N) is 4. The van der Waals surface area contributed by atoms with Gasteiger partial charge in [-0.2, -0.15) is 0 Å². The molecular formula is C26H29FN4O3S. The van der Waals surface area contributed by atoms with Crippen molar-refractivity contribution >= 4 is 23.2 Å². The minimum atomic E-state index is -0.261. The van der Waals surface area contributed by atoms with Crippen molar-refractivity contribution in [1.82, 2.24) is 19.7 Å². The Morgan fingerprint density at radius 3 is 2.09 bits per heavy atom. The molecule has 4 rings (SSSR count). The number of carbonyl (C=O) groups excluding carboxylic acids is 2. The molecule has 1 aliphatic heterocycles. The number of amides is 2. The Labute approximate surface area is 208 Å². The molecule has 2 amide bonds. The summed E-state index contributed by atoms with van der Waals surface area (Å²) in [5.74, 6) is 0.468. The number of rotatable bonds is 8. The molecule has 3 aromatic rings. The van der Waals surface area contributed by atoms with E-state index in [0.29, 0.717) is 51.5 Å². The second-order valence-corrected chi connectivity index (χ2v) is 9.49. The lowest BCUT2D eigenvalue weighted by Gasteiger charge is -2.33. The van der Waals surface area contributed by atoms with Crippen molar-refractivity contribution in [3.63, 3.8) is 0 Å². The molecule has 0 N–H and O–H groups in total. The summed E-state index contributed by atoms with van der Waals surface area (Å²) < 4.78 is 18.6. The largest absolute Gasteiger partial charge is 0.497 e. The van der Waals surface area contributed by atoms with E-state index < -0.39 is 0 Å². The number of aromatic nitrogens is 1. The second kappa shape index (κ2) is 11.4. The Bertz CT molecular complexity index is 1140.